The van der Waals surface area contributed by atoms with Gasteiger partial charge < -0.3 is 4.74 Å². The van der Waals surface area contributed by atoms with Crippen LogP contribution in [0, 0.1) is 0 Å². The molecule has 4 nitrogen and oxygen atoms in total. The van der Waals surface area contributed by atoms with Gasteiger partial charge in [0.15, 0.2) is 11.6 Å². The van der Waals surface area contributed by atoms with Crippen molar-refractivity contribution in [2.24, 2.45) is 0 Å². The lowest BCUT2D eigenvalue weighted by atomic mass is 9.77. The van der Waals surface area contributed by atoms with Crippen molar-refractivity contribution >= 4 is 0 Å². The van der Waals surface area contributed by atoms with Crippen molar-refractivity contribution in [3.8, 4) is 6.01 Å². The fraction of sp³-hybridized carbons (Fsp3) is 0.786. The molecule has 0 saturated carbocycles. The zero-order valence-electron chi connectivity index (χ0n) is 17.0. The summed E-state index contributed by atoms with van der Waals surface area (Å²) in [6, 6.07) is -2.76. The molecule has 24 heteroatoms. The standard InChI is InChI=1S/C14H5F20N3O/c1-2-38-5-36-3(6(9(17,18)19,10(20,21)22)8(15,16)14(32,33)34)35-4(37-5)7(11(23,24)25,12(26,27)28)13(29,30)31/h2H2,1H3. The largest absolute Gasteiger partial charge is 0.464 e. The van der Waals surface area contributed by atoms with Gasteiger partial charge in [0, 0.05) is 0 Å². The molecule has 0 atom stereocenters. The summed E-state index contributed by atoms with van der Waals surface area (Å²) in [4.78, 5) is 4.54. The van der Waals surface area contributed by atoms with Gasteiger partial charge in [-0.2, -0.15) is 97.8 Å². The highest BCUT2D eigenvalue weighted by molar-refractivity contribution is 5.30. The summed E-state index contributed by atoms with van der Waals surface area (Å²) in [6.07, 6.45) is -47.8. The van der Waals surface area contributed by atoms with Crippen LogP contribution in [0.1, 0.15) is 18.6 Å². The van der Waals surface area contributed by atoms with E-state index in [-0.39, 0.29) is 0 Å². The Morgan fingerprint density at radius 1 is 0.447 bits per heavy atom. The summed E-state index contributed by atoms with van der Waals surface area (Å²) in [5, 5.41) is 0. The van der Waals surface area contributed by atoms with Gasteiger partial charge in [-0.25, -0.2) is 4.98 Å². The number of alkyl halides is 20. The Morgan fingerprint density at radius 3 is 0.974 bits per heavy atom. The third kappa shape index (κ3) is 4.59. The number of nitrogens with zero attached hydrogens (tertiary/aromatic N) is 3. The lowest BCUT2D eigenvalue weighted by molar-refractivity contribution is -0.416. The molecule has 1 aromatic heterocycles. The maximum absolute atomic E-state index is 14.0. The molecule has 0 N–H and O–H groups in total. The third-order valence-electron chi connectivity index (χ3n) is 4.51. The maximum atomic E-state index is 14.0. The normalized spacial score (nSPS) is 15.6. The van der Waals surface area contributed by atoms with Gasteiger partial charge in [-0.3, -0.25) is 0 Å². The summed E-state index contributed by atoms with van der Waals surface area (Å²) >= 11 is 0. The van der Waals surface area contributed by atoms with Crippen LogP contribution < -0.4 is 4.74 Å². The highest BCUT2D eigenvalue weighted by Crippen LogP contribution is 2.64. The minimum absolute atomic E-state index is 0.568. The zero-order valence-corrected chi connectivity index (χ0v) is 17.0. The van der Waals surface area contributed by atoms with Crippen molar-refractivity contribution in [3.63, 3.8) is 0 Å². The van der Waals surface area contributed by atoms with Crippen LogP contribution in [0.5, 0.6) is 6.01 Å². The van der Waals surface area contributed by atoms with E-state index in [4.69, 9.17) is 0 Å². The minimum Gasteiger partial charge on any atom is -0.464 e. The van der Waals surface area contributed by atoms with Crippen molar-refractivity contribution in [2.45, 2.75) is 60.7 Å². The van der Waals surface area contributed by atoms with Gasteiger partial charge in [-0.05, 0) is 6.92 Å². The summed E-state index contributed by atoms with van der Waals surface area (Å²) < 4.78 is 271. The average molecular weight is 611 g/mol. The molecule has 0 amide bonds. The van der Waals surface area contributed by atoms with E-state index in [9.17, 15) is 87.8 Å². The molecule has 222 valence electrons. The van der Waals surface area contributed by atoms with Gasteiger partial charge >= 0.3 is 54.4 Å². The third-order valence-corrected chi connectivity index (χ3v) is 4.51. The fourth-order valence-electron chi connectivity index (χ4n) is 2.87. The molecular formula is C14H5F20N3O. The topological polar surface area (TPSA) is 47.9 Å². The predicted octanol–water partition coefficient (Wildman–Crippen LogP) is 6.76. The summed E-state index contributed by atoms with van der Waals surface area (Å²) in [7, 11) is 0. The molecule has 0 aliphatic heterocycles. The van der Waals surface area contributed by atoms with Crippen LogP contribution in [0.25, 0.3) is 0 Å². The summed E-state index contributed by atoms with van der Waals surface area (Å²) in [6.45, 7) is -0.737. The molecule has 1 heterocycles. The van der Waals surface area contributed by atoms with Gasteiger partial charge in [0.1, 0.15) is 0 Å². The SMILES string of the molecule is CCOc1nc(C(C(F)(F)F)(C(F)(F)F)C(F)(F)F)nc(C(C(F)(F)F)(C(F)(F)F)C(F)(F)C(F)(F)F)n1. The second-order valence-electron chi connectivity index (χ2n) is 6.76. The monoisotopic (exact) mass is 611 g/mol. The number of ether oxygens (including phenoxy) is 1. The Labute approximate surface area is 194 Å². The lowest BCUT2D eigenvalue weighted by Gasteiger charge is -2.42. The van der Waals surface area contributed by atoms with Gasteiger partial charge in [0.05, 0.1) is 6.61 Å². The summed E-state index contributed by atoms with van der Waals surface area (Å²) in [5.74, 6) is -16.9. The molecule has 1 aromatic rings. The van der Waals surface area contributed by atoms with E-state index in [2.05, 4.69) is 4.74 Å². The molecular weight excluding hydrogens is 606 g/mol. The van der Waals surface area contributed by atoms with Gasteiger partial charge in [0.2, 0.25) is 0 Å². The molecule has 0 bridgehead atoms. The predicted molar refractivity (Wildman–Crippen MR) is 75.6 cm³/mol. The van der Waals surface area contributed by atoms with E-state index in [1.54, 1.807) is 9.97 Å². The molecule has 0 aromatic carbocycles. The first-order valence-electron chi connectivity index (χ1n) is 8.57. The van der Waals surface area contributed by atoms with Crippen molar-refractivity contribution < 1.29 is 92.5 Å². The van der Waals surface area contributed by atoms with Crippen LogP contribution in [-0.2, 0) is 10.8 Å². The maximum Gasteiger partial charge on any atom is 0.455 e. The van der Waals surface area contributed by atoms with Crippen LogP contribution >= 0.6 is 0 Å². The minimum atomic E-state index is -8.28. The number of rotatable bonds is 5. The number of halogens is 20. The number of aromatic nitrogens is 3. The average Bonchev–Trinajstić information content (AvgIpc) is 2.54. The first kappa shape index (κ1) is 33.4. The molecule has 0 radical (unpaired) electrons. The first-order chi connectivity index (χ1) is 16.4. The van der Waals surface area contributed by atoms with E-state index in [0.717, 1.165) is 4.98 Å². The number of hydrogen-bond donors (Lipinski definition) is 0. The van der Waals surface area contributed by atoms with E-state index in [0.29, 0.717) is 6.92 Å². The highest BCUT2D eigenvalue weighted by Gasteiger charge is 2.92. The van der Waals surface area contributed by atoms with Crippen molar-refractivity contribution in [1.29, 1.82) is 0 Å². The second-order valence-corrected chi connectivity index (χ2v) is 6.76. The Balaban J connectivity index is 4.70. The molecule has 0 unspecified atom stereocenters. The van der Waals surface area contributed by atoms with Gasteiger partial charge in [0.25, 0.3) is 5.41 Å². The van der Waals surface area contributed by atoms with Gasteiger partial charge in [-0.1, -0.05) is 0 Å². The van der Waals surface area contributed by atoms with Crippen LogP contribution in [0.4, 0.5) is 87.8 Å². The molecule has 38 heavy (non-hydrogen) atoms. The van der Waals surface area contributed by atoms with Gasteiger partial charge in [-0.15, -0.1) is 0 Å². The van der Waals surface area contributed by atoms with Crippen LogP contribution in [-0.4, -0.2) is 64.5 Å². The van der Waals surface area contributed by atoms with E-state index in [1.807, 2.05) is 0 Å². The fourth-order valence-corrected chi connectivity index (χ4v) is 2.87. The van der Waals surface area contributed by atoms with Crippen molar-refractivity contribution in [1.82, 2.24) is 15.0 Å². The molecule has 0 aliphatic carbocycles. The van der Waals surface area contributed by atoms with E-state index in [1.165, 1.54) is 0 Å². The Bertz CT molecular complexity index is 945. The van der Waals surface area contributed by atoms with Crippen molar-refractivity contribution in [2.75, 3.05) is 6.61 Å². The molecule has 0 saturated heterocycles. The number of hydrogen-bond acceptors (Lipinski definition) is 4. The summed E-state index contributed by atoms with van der Waals surface area (Å²) in [5.41, 5.74) is -15.6. The lowest BCUT2D eigenvalue weighted by Crippen LogP contribution is -2.70. The molecule has 0 spiro atoms. The molecule has 0 aliphatic rings. The quantitative estimate of drug-likeness (QED) is 0.346. The zero-order chi connectivity index (χ0) is 30.8. The molecule has 0 fully saturated rings. The van der Waals surface area contributed by atoms with E-state index < -0.39 is 78.1 Å². The highest BCUT2D eigenvalue weighted by atomic mass is 19.4. The Kier molecular flexibility index (Phi) is 7.90. The van der Waals surface area contributed by atoms with Crippen molar-refractivity contribution in [3.05, 3.63) is 11.6 Å². The molecule has 1 rings (SSSR count). The second kappa shape index (κ2) is 8.98. The smallest absolute Gasteiger partial charge is 0.455 e. The van der Waals surface area contributed by atoms with Crippen LogP contribution in [0.3, 0.4) is 0 Å². The Hall–Kier alpha value is -2.59. The van der Waals surface area contributed by atoms with E-state index >= 15 is 0 Å². The van der Waals surface area contributed by atoms with Crippen LogP contribution in [0.2, 0.25) is 0 Å². The van der Waals surface area contributed by atoms with Crippen LogP contribution in [0.15, 0.2) is 0 Å². The first-order valence-corrected chi connectivity index (χ1v) is 8.57. The Morgan fingerprint density at radius 2 is 0.737 bits per heavy atom.